The molecule has 4 nitrogen and oxygen atoms in total. The number of carbonyl (C=O) groups is 1. The standard InChI is InChI=1S/C29H33N3O.C2H6/c1-31(2)29(24-8-4-3-5-9-24)16-12-22(13-17-29)20-28(33)32-18-14-23(15-19-32)26-21-30-27-11-7-6-10-25(26)27;1-2/h3-11,14,20-21,30H,12-13,15-19H2,1-2H3;1-2H3. The lowest BCUT2D eigenvalue weighted by atomic mass is 9.74. The van der Waals surface area contributed by atoms with E-state index < -0.39 is 0 Å². The van der Waals surface area contributed by atoms with Gasteiger partial charge in [-0.25, -0.2) is 0 Å². The first-order valence-corrected chi connectivity index (χ1v) is 13.0. The molecule has 0 bridgehead atoms. The Morgan fingerprint density at radius 2 is 1.66 bits per heavy atom. The minimum absolute atomic E-state index is 0.0593. The van der Waals surface area contributed by atoms with Gasteiger partial charge < -0.3 is 9.88 Å². The Balaban J connectivity index is 0.00000141. The highest BCUT2D eigenvalue weighted by molar-refractivity contribution is 5.94. The number of aromatic nitrogens is 1. The molecule has 184 valence electrons. The molecule has 2 heterocycles. The number of allylic oxidation sites excluding steroid dienone is 1. The van der Waals surface area contributed by atoms with Crippen molar-refractivity contribution in [2.24, 2.45) is 0 Å². The van der Waals surface area contributed by atoms with Crippen molar-refractivity contribution in [2.45, 2.75) is 51.5 Å². The first kappa shape index (κ1) is 25.0. The van der Waals surface area contributed by atoms with Gasteiger partial charge in [0.25, 0.3) is 0 Å². The van der Waals surface area contributed by atoms with E-state index in [0.29, 0.717) is 6.54 Å². The number of hydrogen-bond donors (Lipinski definition) is 1. The summed E-state index contributed by atoms with van der Waals surface area (Å²) in [5.74, 6) is 0.163. The van der Waals surface area contributed by atoms with Crippen LogP contribution in [-0.4, -0.2) is 47.9 Å². The van der Waals surface area contributed by atoms with Crippen LogP contribution in [0.1, 0.15) is 57.1 Å². The molecule has 1 aliphatic carbocycles. The normalized spacial score (nSPS) is 20.3. The van der Waals surface area contributed by atoms with Gasteiger partial charge >= 0.3 is 0 Å². The minimum atomic E-state index is 0.0593. The minimum Gasteiger partial charge on any atom is -0.361 e. The highest BCUT2D eigenvalue weighted by atomic mass is 16.2. The number of nitrogens with one attached hydrogen (secondary N) is 1. The summed E-state index contributed by atoms with van der Waals surface area (Å²) < 4.78 is 0. The number of aromatic amines is 1. The lowest BCUT2D eigenvalue weighted by molar-refractivity contribution is -0.125. The molecule has 3 aromatic rings. The van der Waals surface area contributed by atoms with E-state index in [9.17, 15) is 4.79 Å². The quantitative estimate of drug-likeness (QED) is 0.428. The van der Waals surface area contributed by atoms with Crippen molar-refractivity contribution in [3.8, 4) is 0 Å². The number of rotatable bonds is 4. The molecule has 0 spiro atoms. The van der Waals surface area contributed by atoms with Gasteiger partial charge in [0.2, 0.25) is 5.91 Å². The topological polar surface area (TPSA) is 39.3 Å². The van der Waals surface area contributed by atoms with Crippen molar-refractivity contribution in [2.75, 3.05) is 27.2 Å². The Hall–Kier alpha value is -3.11. The van der Waals surface area contributed by atoms with Gasteiger partial charge in [-0.2, -0.15) is 0 Å². The van der Waals surface area contributed by atoms with Crippen LogP contribution in [0, 0.1) is 0 Å². The first-order valence-electron chi connectivity index (χ1n) is 13.0. The molecule has 1 aliphatic heterocycles. The van der Waals surface area contributed by atoms with Gasteiger partial charge in [-0.1, -0.05) is 74.0 Å². The summed E-state index contributed by atoms with van der Waals surface area (Å²) in [4.78, 5) is 20.8. The zero-order chi connectivity index (χ0) is 24.8. The maximum atomic E-state index is 13.0. The highest BCUT2D eigenvalue weighted by Gasteiger charge is 2.37. The number of carbonyl (C=O) groups excluding carboxylic acids is 1. The zero-order valence-corrected chi connectivity index (χ0v) is 21.7. The van der Waals surface area contributed by atoms with Gasteiger partial charge in [0.05, 0.1) is 0 Å². The van der Waals surface area contributed by atoms with Crippen LogP contribution in [0.4, 0.5) is 0 Å². The van der Waals surface area contributed by atoms with Crippen molar-refractivity contribution < 1.29 is 4.79 Å². The molecular weight excluding hydrogens is 430 g/mol. The van der Waals surface area contributed by atoms with E-state index >= 15 is 0 Å². The average molecular weight is 470 g/mol. The molecule has 1 fully saturated rings. The number of benzene rings is 2. The Morgan fingerprint density at radius 3 is 2.31 bits per heavy atom. The van der Waals surface area contributed by atoms with E-state index in [2.05, 4.69) is 90.8 Å². The lowest BCUT2D eigenvalue weighted by Gasteiger charge is -2.44. The summed E-state index contributed by atoms with van der Waals surface area (Å²) in [6.45, 7) is 5.46. The fourth-order valence-corrected chi connectivity index (χ4v) is 5.59. The lowest BCUT2D eigenvalue weighted by Crippen LogP contribution is -2.43. The predicted molar refractivity (Wildman–Crippen MR) is 147 cm³/mol. The van der Waals surface area contributed by atoms with Gasteiger partial charge in [0, 0.05) is 47.4 Å². The number of H-pyrrole nitrogens is 1. The number of nitrogens with zero attached hydrogens (tertiary/aromatic N) is 2. The molecule has 0 unspecified atom stereocenters. The molecule has 5 rings (SSSR count). The van der Waals surface area contributed by atoms with Gasteiger partial charge in [0.1, 0.15) is 0 Å². The van der Waals surface area contributed by atoms with Crippen LogP contribution in [0.3, 0.4) is 0 Å². The monoisotopic (exact) mass is 469 g/mol. The molecule has 1 saturated carbocycles. The summed E-state index contributed by atoms with van der Waals surface area (Å²) in [6, 6.07) is 19.2. The molecule has 0 atom stereocenters. The highest BCUT2D eigenvalue weighted by Crippen LogP contribution is 2.42. The van der Waals surface area contributed by atoms with Crippen molar-refractivity contribution >= 4 is 22.4 Å². The molecular formula is C31H39N3O. The van der Waals surface area contributed by atoms with Crippen LogP contribution in [0.25, 0.3) is 16.5 Å². The first-order chi connectivity index (χ1) is 17.1. The van der Waals surface area contributed by atoms with E-state index in [4.69, 9.17) is 0 Å². The fraction of sp³-hybridized carbons (Fsp3) is 0.387. The second kappa shape index (κ2) is 11.1. The van der Waals surface area contributed by atoms with E-state index in [1.807, 2.05) is 24.8 Å². The number of hydrogen-bond acceptors (Lipinski definition) is 2. The zero-order valence-electron chi connectivity index (χ0n) is 21.7. The number of fused-ring (bicyclic) bond motifs is 1. The molecule has 1 amide bonds. The third-order valence-electron chi connectivity index (χ3n) is 7.67. The van der Waals surface area contributed by atoms with Crippen LogP contribution in [0.5, 0.6) is 0 Å². The third-order valence-corrected chi connectivity index (χ3v) is 7.67. The van der Waals surface area contributed by atoms with Crippen molar-refractivity contribution in [3.63, 3.8) is 0 Å². The maximum Gasteiger partial charge on any atom is 0.246 e. The van der Waals surface area contributed by atoms with Crippen LogP contribution in [-0.2, 0) is 10.3 Å². The van der Waals surface area contributed by atoms with Gasteiger partial charge in [-0.3, -0.25) is 9.69 Å². The van der Waals surface area contributed by atoms with E-state index in [1.54, 1.807) is 0 Å². The molecule has 35 heavy (non-hydrogen) atoms. The Kier molecular flexibility index (Phi) is 7.92. The molecule has 1 aromatic heterocycles. The van der Waals surface area contributed by atoms with Crippen LogP contribution in [0.2, 0.25) is 0 Å². The molecule has 4 heteroatoms. The largest absolute Gasteiger partial charge is 0.361 e. The van der Waals surface area contributed by atoms with E-state index in [1.165, 1.54) is 33.2 Å². The average Bonchev–Trinajstić information content (AvgIpc) is 3.35. The fourth-order valence-electron chi connectivity index (χ4n) is 5.59. The summed E-state index contributed by atoms with van der Waals surface area (Å²) in [7, 11) is 4.36. The Bertz CT molecular complexity index is 1190. The molecule has 0 radical (unpaired) electrons. The van der Waals surface area contributed by atoms with E-state index in [-0.39, 0.29) is 11.4 Å². The van der Waals surface area contributed by atoms with Crippen LogP contribution in [0.15, 0.2) is 78.5 Å². The van der Waals surface area contributed by atoms with Crippen molar-refractivity contribution in [1.82, 2.24) is 14.8 Å². The van der Waals surface area contributed by atoms with Crippen LogP contribution < -0.4 is 0 Å². The predicted octanol–water partition coefficient (Wildman–Crippen LogP) is 6.77. The maximum absolute atomic E-state index is 13.0. The third kappa shape index (κ3) is 5.13. The van der Waals surface area contributed by atoms with E-state index in [0.717, 1.165) is 38.6 Å². The summed E-state index contributed by atoms with van der Waals surface area (Å²) in [5.41, 5.74) is 6.50. The Labute approximate surface area is 210 Å². The summed E-state index contributed by atoms with van der Waals surface area (Å²) >= 11 is 0. The van der Waals surface area contributed by atoms with Crippen molar-refractivity contribution in [1.29, 1.82) is 0 Å². The van der Waals surface area contributed by atoms with Gasteiger partial charge in [-0.05, 0) is 63.4 Å². The number of amides is 1. The molecule has 2 aliphatic rings. The second-order valence-electron chi connectivity index (χ2n) is 9.61. The van der Waals surface area contributed by atoms with Crippen molar-refractivity contribution in [3.05, 3.63) is 89.6 Å². The smallest absolute Gasteiger partial charge is 0.246 e. The van der Waals surface area contributed by atoms with Crippen LogP contribution >= 0.6 is 0 Å². The van der Waals surface area contributed by atoms with Gasteiger partial charge in [-0.15, -0.1) is 0 Å². The second-order valence-corrected chi connectivity index (χ2v) is 9.61. The molecule has 1 N–H and O–H groups in total. The molecule has 2 aromatic carbocycles. The number of para-hydroxylation sites is 1. The summed E-state index contributed by atoms with van der Waals surface area (Å²) in [6.07, 6.45) is 11.2. The summed E-state index contributed by atoms with van der Waals surface area (Å²) in [5, 5.41) is 1.26. The Morgan fingerprint density at radius 1 is 0.971 bits per heavy atom. The van der Waals surface area contributed by atoms with Gasteiger partial charge in [0.15, 0.2) is 0 Å². The molecule has 0 saturated heterocycles. The SMILES string of the molecule is CC.CN(C)C1(c2ccccc2)CCC(=CC(=O)N2CC=C(c3c[nH]c4ccccc34)CC2)CC1.